The van der Waals surface area contributed by atoms with Crippen molar-refractivity contribution in [3.8, 4) is 5.75 Å². The Morgan fingerprint density at radius 3 is 2.32 bits per heavy atom. The molecule has 0 bridgehead atoms. The first-order valence-electron chi connectivity index (χ1n) is 11.6. The summed E-state index contributed by atoms with van der Waals surface area (Å²) in [5, 5.41) is 0. The van der Waals surface area contributed by atoms with Crippen molar-refractivity contribution in [1.82, 2.24) is 4.90 Å². The normalized spacial score (nSPS) is 20.5. The lowest BCUT2D eigenvalue weighted by Gasteiger charge is -2.50. The zero-order chi connectivity index (χ0) is 27.2. The summed E-state index contributed by atoms with van der Waals surface area (Å²) in [7, 11) is 2.63. The van der Waals surface area contributed by atoms with Gasteiger partial charge >= 0.3 is 18.2 Å². The average Bonchev–Trinajstić information content (AvgIpc) is 3.29. The smallest absolute Gasteiger partial charge is 0.417 e. The van der Waals surface area contributed by atoms with Crippen LogP contribution in [0.1, 0.15) is 22.6 Å². The highest BCUT2D eigenvalue weighted by Crippen LogP contribution is 2.63. The van der Waals surface area contributed by atoms with Gasteiger partial charge in [0.1, 0.15) is 5.75 Å². The lowest BCUT2D eigenvalue weighted by Crippen LogP contribution is -2.63. The van der Waals surface area contributed by atoms with Crippen molar-refractivity contribution in [2.24, 2.45) is 0 Å². The van der Waals surface area contributed by atoms with Crippen LogP contribution in [0.25, 0.3) is 0 Å². The third-order valence-corrected chi connectivity index (χ3v) is 7.45. The number of anilines is 1. The number of amides is 2. The lowest BCUT2D eigenvalue weighted by molar-refractivity contribution is -0.223. The highest BCUT2D eigenvalue weighted by Gasteiger charge is 2.72. The molecule has 0 aliphatic carbocycles. The summed E-state index contributed by atoms with van der Waals surface area (Å²) in [6.45, 7) is -0.000696. The van der Waals surface area contributed by atoms with Crippen molar-refractivity contribution in [2.75, 3.05) is 19.1 Å². The zero-order valence-electron chi connectivity index (χ0n) is 20.3. The molecule has 6 nitrogen and oxygen atoms in total. The molecule has 0 radical (unpaired) electrons. The van der Waals surface area contributed by atoms with E-state index in [1.165, 1.54) is 36.3 Å². The van der Waals surface area contributed by atoms with Crippen molar-refractivity contribution >= 4 is 33.6 Å². The molecule has 2 atom stereocenters. The number of alkyl halides is 3. The molecular weight excluding hydrogens is 565 g/mol. The van der Waals surface area contributed by atoms with Gasteiger partial charge in [-0.25, -0.2) is 9.59 Å². The second-order valence-electron chi connectivity index (χ2n) is 8.93. The van der Waals surface area contributed by atoms with Crippen molar-refractivity contribution in [1.29, 1.82) is 0 Å². The fourth-order valence-electron chi connectivity index (χ4n) is 5.33. The van der Waals surface area contributed by atoms with Crippen LogP contribution in [0.5, 0.6) is 5.75 Å². The fourth-order valence-corrected chi connectivity index (χ4v) is 5.69. The van der Waals surface area contributed by atoms with Gasteiger partial charge in [-0.2, -0.15) is 13.2 Å². The van der Waals surface area contributed by atoms with E-state index >= 15 is 13.2 Å². The van der Waals surface area contributed by atoms with Crippen LogP contribution >= 0.6 is 15.9 Å². The van der Waals surface area contributed by atoms with Gasteiger partial charge in [-0.3, -0.25) is 9.80 Å². The third-order valence-electron chi connectivity index (χ3n) is 6.96. The van der Waals surface area contributed by atoms with E-state index in [0.717, 1.165) is 13.3 Å². The molecule has 196 valence electrons. The maximum atomic E-state index is 15.6. The SMILES string of the molecule is COC(=O)C1=CN2C(=O)N(Cc3ccc(OC)cc3)c3ccc(Br)cc3[C@]2(C(F)(F)F)[C@@H]1c1ccccc1. The molecule has 0 saturated carbocycles. The first kappa shape index (κ1) is 25.8. The van der Waals surface area contributed by atoms with E-state index < -0.39 is 29.6 Å². The molecule has 0 saturated heterocycles. The van der Waals surface area contributed by atoms with Crippen LogP contribution < -0.4 is 9.64 Å². The molecule has 3 aromatic carbocycles. The van der Waals surface area contributed by atoms with Crippen LogP contribution in [0.3, 0.4) is 0 Å². The molecule has 2 aliphatic heterocycles. The van der Waals surface area contributed by atoms with Crippen LogP contribution in [-0.2, 0) is 21.6 Å². The molecule has 10 heteroatoms. The zero-order valence-corrected chi connectivity index (χ0v) is 21.9. The van der Waals surface area contributed by atoms with E-state index in [4.69, 9.17) is 9.47 Å². The quantitative estimate of drug-likeness (QED) is 0.320. The highest BCUT2D eigenvalue weighted by molar-refractivity contribution is 9.10. The minimum atomic E-state index is -4.98. The number of benzene rings is 3. The number of rotatable bonds is 5. The van der Waals surface area contributed by atoms with Gasteiger partial charge in [0.05, 0.1) is 37.9 Å². The predicted molar refractivity (Wildman–Crippen MR) is 138 cm³/mol. The van der Waals surface area contributed by atoms with E-state index in [9.17, 15) is 9.59 Å². The van der Waals surface area contributed by atoms with Gasteiger partial charge in [-0.05, 0) is 41.5 Å². The summed E-state index contributed by atoms with van der Waals surface area (Å²) in [5.74, 6) is -1.89. The Morgan fingerprint density at radius 1 is 1.03 bits per heavy atom. The number of fused-ring (bicyclic) bond motifs is 3. The van der Waals surface area contributed by atoms with Crippen LogP contribution in [0.15, 0.2) is 89.0 Å². The van der Waals surface area contributed by atoms with Crippen molar-refractivity contribution < 1.29 is 32.2 Å². The number of nitrogens with zero attached hydrogens (tertiary/aromatic N) is 2. The van der Waals surface area contributed by atoms with E-state index in [1.54, 1.807) is 48.5 Å². The van der Waals surface area contributed by atoms with Gasteiger partial charge in [-0.1, -0.05) is 58.4 Å². The second kappa shape index (κ2) is 9.50. The number of hydrogen-bond acceptors (Lipinski definition) is 4. The van der Waals surface area contributed by atoms with E-state index in [-0.39, 0.29) is 28.9 Å². The highest BCUT2D eigenvalue weighted by atomic mass is 79.9. The molecule has 2 amide bonds. The van der Waals surface area contributed by atoms with Gasteiger partial charge in [0.2, 0.25) is 0 Å². The second-order valence-corrected chi connectivity index (χ2v) is 9.85. The number of carbonyl (C=O) groups is 2. The predicted octanol–water partition coefficient (Wildman–Crippen LogP) is 6.51. The Balaban J connectivity index is 1.78. The number of halogens is 4. The number of ether oxygens (including phenoxy) is 2. The van der Waals surface area contributed by atoms with E-state index in [0.29, 0.717) is 20.7 Å². The molecule has 2 aliphatic rings. The first-order valence-corrected chi connectivity index (χ1v) is 12.4. The molecular formula is C28H22BrF3N2O4. The van der Waals surface area contributed by atoms with Gasteiger partial charge in [0.25, 0.3) is 0 Å². The molecule has 0 unspecified atom stereocenters. The maximum absolute atomic E-state index is 15.6. The van der Waals surface area contributed by atoms with Crippen LogP contribution in [0.4, 0.5) is 23.7 Å². The first-order chi connectivity index (χ1) is 18.1. The summed E-state index contributed by atoms with van der Waals surface area (Å²) in [6, 6.07) is 18.3. The average molecular weight is 587 g/mol. The molecule has 0 N–H and O–H groups in total. The summed E-state index contributed by atoms with van der Waals surface area (Å²) in [5.41, 5.74) is -2.29. The number of methoxy groups -OCH3 is 2. The Hall–Kier alpha value is -3.79. The minimum absolute atomic E-state index is 0.000696. The maximum Gasteiger partial charge on any atom is 0.417 e. The monoisotopic (exact) mass is 586 g/mol. The Bertz CT molecular complexity index is 1430. The molecule has 3 aromatic rings. The summed E-state index contributed by atoms with van der Waals surface area (Å²) < 4.78 is 57.2. The number of hydrogen-bond donors (Lipinski definition) is 0. The number of urea groups is 1. The van der Waals surface area contributed by atoms with Gasteiger partial charge in [0, 0.05) is 16.2 Å². The van der Waals surface area contributed by atoms with Crippen LogP contribution in [0.2, 0.25) is 0 Å². The molecule has 0 spiro atoms. The van der Waals surface area contributed by atoms with Gasteiger partial charge in [-0.15, -0.1) is 0 Å². The van der Waals surface area contributed by atoms with Crippen LogP contribution in [0, 0.1) is 0 Å². The molecule has 0 fully saturated rings. The Kier molecular flexibility index (Phi) is 6.46. The third kappa shape index (κ3) is 3.86. The number of esters is 1. The summed E-state index contributed by atoms with van der Waals surface area (Å²) >= 11 is 3.32. The standard InChI is InChI=1S/C28H22BrF3N2O4/c1-37-20-11-8-17(9-12-20)15-33-23-13-10-19(29)14-22(23)27(28(30,31)32)24(18-6-4-3-5-7-18)21(25(35)38-2)16-34(27)26(33)36/h3-14,16,24H,15H2,1-2H3/t24-,27-/m1/s1. The van der Waals surface area contributed by atoms with Crippen molar-refractivity contribution in [2.45, 2.75) is 24.2 Å². The topological polar surface area (TPSA) is 59.1 Å². The summed E-state index contributed by atoms with van der Waals surface area (Å²) in [6.07, 6.45) is -3.98. The minimum Gasteiger partial charge on any atom is -0.497 e. The van der Waals surface area contributed by atoms with Crippen LogP contribution in [-0.4, -0.2) is 37.3 Å². The molecule has 2 heterocycles. The molecule has 38 heavy (non-hydrogen) atoms. The number of carbonyl (C=O) groups excluding carboxylic acids is 2. The Labute approximate surface area is 225 Å². The lowest BCUT2D eigenvalue weighted by atomic mass is 9.70. The Morgan fingerprint density at radius 2 is 1.71 bits per heavy atom. The van der Waals surface area contributed by atoms with Gasteiger partial charge in [0.15, 0.2) is 5.54 Å². The summed E-state index contributed by atoms with van der Waals surface area (Å²) in [4.78, 5) is 28.8. The molecule has 5 rings (SSSR count). The van der Waals surface area contributed by atoms with E-state index in [1.807, 2.05) is 0 Å². The van der Waals surface area contributed by atoms with Gasteiger partial charge < -0.3 is 9.47 Å². The molecule has 0 aromatic heterocycles. The largest absolute Gasteiger partial charge is 0.497 e. The van der Waals surface area contributed by atoms with E-state index in [2.05, 4.69) is 15.9 Å². The van der Waals surface area contributed by atoms with Crippen molar-refractivity contribution in [3.05, 3.63) is 106 Å². The fraction of sp³-hybridized carbons (Fsp3) is 0.214. The van der Waals surface area contributed by atoms with Crippen molar-refractivity contribution in [3.63, 3.8) is 0 Å².